The minimum absolute atomic E-state index is 0.114. The molecule has 100 valence electrons. The molecule has 1 saturated heterocycles. The molecule has 2 rings (SSSR count). The van der Waals surface area contributed by atoms with Gasteiger partial charge in [-0.3, -0.25) is 0 Å². The van der Waals surface area contributed by atoms with Crippen molar-refractivity contribution in [2.24, 2.45) is 5.73 Å². The van der Waals surface area contributed by atoms with Gasteiger partial charge in [0.25, 0.3) is 0 Å². The van der Waals surface area contributed by atoms with E-state index in [0.29, 0.717) is 36.9 Å². The van der Waals surface area contributed by atoms with Gasteiger partial charge in [0.2, 0.25) is 0 Å². The number of hydrogen-bond donors (Lipinski definition) is 1. The Morgan fingerprint density at radius 2 is 2.06 bits per heavy atom. The molecule has 0 aliphatic carbocycles. The van der Waals surface area contributed by atoms with Gasteiger partial charge in [0.1, 0.15) is 17.3 Å². The largest absolute Gasteiger partial charge is 0.365 e. The quantitative estimate of drug-likeness (QED) is 0.916. The Balaban J connectivity index is 2.27. The summed E-state index contributed by atoms with van der Waals surface area (Å²) < 4.78 is 28.0. The van der Waals surface area contributed by atoms with Crippen LogP contribution in [-0.4, -0.2) is 30.6 Å². The summed E-state index contributed by atoms with van der Waals surface area (Å²) in [5.41, 5.74) is 6.14. The fourth-order valence-electron chi connectivity index (χ4n) is 2.25. The molecule has 0 saturated carbocycles. The van der Waals surface area contributed by atoms with Crippen LogP contribution in [0.4, 0.5) is 14.5 Å². The fourth-order valence-corrected chi connectivity index (χ4v) is 3.27. The third kappa shape index (κ3) is 2.95. The molecule has 1 heterocycles. The van der Waals surface area contributed by atoms with E-state index in [1.54, 1.807) is 4.90 Å². The van der Waals surface area contributed by atoms with Crippen molar-refractivity contribution < 1.29 is 8.78 Å². The summed E-state index contributed by atoms with van der Waals surface area (Å²) in [6, 6.07) is 2.80. The average molecular weight is 272 g/mol. The fraction of sp³-hybridized carbons (Fsp3) is 0.538. The first-order valence-corrected chi connectivity index (χ1v) is 7.21. The molecule has 1 aliphatic heterocycles. The molecule has 1 fully saturated rings. The Labute approximate surface area is 111 Å². The molecular weight excluding hydrogens is 254 g/mol. The lowest BCUT2D eigenvalue weighted by Crippen LogP contribution is -2.37. The maximum atomic E-state index is 14.0. The number of nitrogens with zero attached hydrogens (tertiary/aromatic N) is 1. The standard InChI is InChI=1S/C13H18F2N2S/c1-9-8-17(4-5-18-9)13-11(14)6-10(2-3-16)7-12(13)15/h6-7,9H,2-5,8,16H2,1H3. The van der Waals surface area contributed by atoms with Crippen LogP contribution in [0.25, 0.3) is 0 Å². The smallest absolute Gasteiger partial charge is 0.149 e. The Morgan fingerprint density at radius 1 is 1.39 bits per heavy atom. The molecule has 18 heavy (non-hydrogen) atoms. The molecule has 0 radical (unpaired) electrons. The Morgan fingerprint density at radius 3 is 2.61 bits per heavy atom. The second-order valence-corrected chi connectivity index (χ2v) is 6.12. The van der Waals surface area contributed by atoms with Gasteiger partial charge in [-0.1, -0.05) is 6.92 Å². The normalized spacial score (nSPS) is 20.2. The highest BCUT2D eigenvalue weighted by Gasteiger charge is 2.23. The van der Waals surface area contributed by atoms with E-state index in [0.717, 1.165) is 5.75 Å². The molecule has 0 spiro atoms. The lowest BCUT2D eigenvalue weighted by Gasteiger charge is -2.33. The zero-order valence-corrected chi connectivity index (χ0v) is 11.3. The van der Waals surface area contributed by atoms with Crippen LogP contribution in [0.15, 0.2) is 12.1 Å². The van der Waals surface area contributed by atoms with Crippen molar-refractivity contribution in [3.63, 3.8) is 0 Å². The maximum Gasteiger partial charge on any atom is 0.149 e. The summed E-state index contributed by atoms with van der Waals surface area (Å²) in [7, 11) is 0. The van der Waals surface area contributed by atoms with Crippen molar-refractivity contribution in [3.8, 4) is 0 Å². The number of hydrogen-bond acceptors (Lipinski definition) is 3. The highest BCUT2D eigenvalue weighted by Crippen LogP contribution is 2.29. The number of halogens is 2. The van der Waals surface area contributed by atoms with Gasteiger partial charge < -0.3 is 10.6 Å². The van der Waals surface area contributed by atoms with Gasteiger partial charge >= 0.3 is 0 Å². The predicted octanol–water partition coefficient (Wildman–Crippen LogP) is 2.41. The van der Waals surface area contributed by atoms with E-state index in [1.165, 1.54) is 12.1 Å². The van der Waals surface area contributed by atoms with Crippen molar-refractivity contribution in [2.45, 2.75) is 18.6 Å². The van der Waals surface area contributed by atoms with Gasteiger partial charge in [0.05, 0.1) is 0 Å². The lowest BCUT2D eigenvalue weighted by molar-refractivity contribution is 0.567. The van der Waals surface area contributed by atoms with Crippen LogP contribution in [0.5, 0.6) is 0 Å². The topological polar surface area (TPSA) is 29.3 Å². The number of anilines is 1. The first-order valence-electron chi connectivity index (χ1n) is 6.16. The summed E-state index contributed by atoms with van der Waals surface area (Å²) >= 11 is 1.84. The summed E-state index contributed by atoms with van der Waals surface area (Å²) in [4.78, 5) is 1.80. The van der Waals surface area contributed by atoms with Gasteiger partial charge in [-0.25, -0.2) is 8.78 Å². The first kappa shape index (κ1) is 13.6. The van der Waals surface area contributed by atoms with Crippen LogP contribution in [0.3, 0.4) is 0 Å². The van der Waals surface area contributed by atoms with Crippen molar-refractivity contribution in [3.05, 3.63) is 29.3 Å². The molecule has 1 atom stereocenters. The van der Waals surface area contributed by atoms with Crippen molar-refractivity contribution in [1.82, 2.24) is 0 Å². The zero-order chi connectivity index (χ0) is 13.1. The van der Waals surface area contributed by atoms with Gasteiger partial charge in [0, 0.05) is 24.1 Å². The molecule has 1 aromatic rings. The Hall–Kier alpha value is -0.810. The van der Waals surface area contributed by atoms with E-state index in [-0.39, 0.29) is 5.69 Å². The van der Waals surface area contributed by atoms with Crippen molar-refractivity contribution in [1.29, 1.82) is 0 Å². The molecule has 2 N–H and O–H groups in total. The van der Waals surface area contributed by atoms with E-state index in [1.807, 2.05) is 11.8 Å². The summed E-state index contributed by atoms with van der Waals surface area (Å²) in [6.45, 7) is 3.86. The van der Waals surface area contributed by atoms with Crippen molar-refractivity contribution in [2.75, 3.05) is 30.3 Å². The van der Waals surface area contributed by atoms with Gasteiger partial charge in [0.15, 0.2) is 0 Å². The van der Waals surface area contributed by atoms with E-state index in [9.17, 15) is 8.78 Å². The zero-order valence-electron chi connectivity index (χ0n) is 10.5. The third-order valence-electron chi connectivity index (χ3n) is 3.07. The van der Waals surface area contributed by atoms with E-state index < -0.39 is 11.6 Å². The molecule has 2 nitrogen and oxygen atoms in total. The van der Waals surface area contributed by atoms with Crippen LogP contribution in [0, 0.1) is 11.6 Å². The molecule has 1 aromatic carbocycles. The van der Waals surface area contributed by atoms with Gasteiger partial charge in [-0.2, -0.15) is 11.8 Å². The molecule has 1 unspecified atom stereocenters. The number of rotatable bonds is 3. The second-order valence-electron chi connectivity index (χ2n) is 4.57. The summed E-state index contributed by atoms with van der Waals surface area (Å²) in [6.07, 6.45) is 0.500. The van der Waals surface area contributed by atoms with E-state index >= 15 is 0 Å². The van der Waals surface area contributed by atoms with E-state index in [4.69, 9.17) is 5.73 Å². The monoisotopic (exact) mass is 272 g/mol. The minimum Gasteiger partial charge on any atom is -0.365 e. The van der Waals surface area contributed by atoms with Crippen molar-refractivity contribution >= 4 is 17.4 Å². The molecule has 5 heteroatoms. The Bertz CT molecular complexity index is 402. The van der Waals surface area contributed by atoms with Crippen LogP contribution >= 0.6 is 11.8 Å². The van der Waals surface area contributed by atoms with Crippen LogP contribution in [-0.2, 0) is 6.42 Å². The minimum atomic E-state index is -0.474. The first-order chi connectivity index (χ1) is 8.61. The molecule has 0 amide bonds. The van der Waals surface area contributed by atoms with Crippen LogP contribution < -0.4 is 10.6 Å². The second kappa shape index (κ2) is 5.89. The van der Waals surface area contributed by atoms with Crippen LogP contribution in [0.1, 0.15) is 12.5 Å². The molecule has 0 aromatic heterocycles. The third-order valence-corrected chi connectivity index (χ3v) is 4.20. The van der Waals surface area contributed by atoms with Crippen LogP contribution in [0.2, 0.25) is 0 Å². The molecule has 0 bridgehead atoms. The summed E-state index contributed by atoms with van der Waals surface area (Å²) in [5, 5.41) is 0.404. The number of thioether (sulfide) groups is 1. The highest BCUT2D eigenvalue weighted by atomic mass is 32.2. The SMILES string of the molecule is CC1CN(c2c(F)cc(CCN)cc2F)CCS1. The van der Waals surface area contributed by atoms with E-state index in [2.05, 4.69) is 6.92 Å². The van der Waals surface area contributed by atoms with Gasteiger partial charge in [-0.15, -0.1) is 0 Å². The number of nitrogens with two attached hydrogens (primary N) is 1. The number of benzene rings is 1. The summed E-state index contributed by atoms with van der Waals surface area (Å²) in [5.74, 6) is -0.0416. The predicted molar refractivity (Wildman–Crippen MR) is 73.2 cm³/mol. The average Bonchev–Trinajstić information content (AvgIpc) is 2.28. The maximum absolute atomic E-state index is 14.0. The van der Waals surface area contributed by atoms with Gasteiger partial charge in [-0.05, 0) is 30.7 Å². The molecule has 1 aliphatic rings. The lowest BCUT2D eigenvalue weighted by atomic mass is 10.1. The Kier molecular flexibility index (Phi) is 4.45. The highest BCUT2D eigenvalue weighted by molar-refractivity contribution is 8.00. The molecular formula is C13H18F2N2S.